The molecule has 3 rings (SSSR count). The summed E-state index contributed by atoms with van der Waals surface area (Å²) in [5.74, 6) is 0. The lowest BCUT2D eigenvalue weighted by Crippen LogP contribution is -2.00. The molecule has 0 atom stereocenters. The zero-order chi connectivity index (χ0) is 16.2. The second kappa shape index (κ2) is 6.69. The molecule has 1 aromatic heterocycles. The molecule has 7 heteroatoms. The number of nitriles is 1. The summed E-state index contributed by atoms with van der Waals surface area (Å²) in [7, 11) is 0. The number of halogens is 2. The highest BCUT2D eigenvalue weighted by Crippen LogP contribution is 2.27. The van der Waals surface area contributed by atoms with Gasteiger partial charge >= 0.3 is 0 Å². The summed E-state index contributed by atoms with van der Waals surface area (Å²) < 4.78 is 1.58. The normalized spacial score (nSPS) is 10.3. The lowest BCUT2D eigenvalue weighted by atomic mass is 10.2. The molecule has 0 unspecified atom stereocenters. The fourth-order valence-electron chi connectivity index (χ4n) is 2.06. The van der Waals surface area contributed by atoms with Crippen molar-refractivity contribution in [2.45, 2.75) is 6.54 Å². The first-order valence-electron chi connectivity index (χ1n) is 6.77. The van der Waals surface area contributed by atoms with E-state index in [-0.39, 0.29) is 0 Å². The van der Waals surface area contributed by atoms with Crippen molar-refractivity contribution in [3.8, 4) is 11.8 Å². The molecule has 0 aliphatic rings. The highest BCUT2D eigenvalue weighted by molar-refractivity contribution is 6.43. The van der Waals surface area contributed by atoms with Crippen molar-refractivity contribution in [1.29, 1.82) is 5.26 Å². The van der Waals surface area contributed by atoms with Crippen LogP contribution in [-0.2, 0) is 6.54 Å². The molecule has 0 amide bonds. The molecule has 2 aromatic carbocycles. The first kappa shape index (κ1) is 15.3. The Morgan fingerprint density at radius 3 is 2.83 bits per heavy atom. The third kappa shape index (κ3) is 3.45. The maximum absolute atomic E-state index is 8.90. The van der Waals surface area contributed by atoms with Gasteiger partial charge in [-0.2, -0.15) is 5.26 Å². The van der Waals surface area contributed by atoms with Crippen molar-refractivity contribution in [3.05, 3.63) is 70.0 Å². The summed E-state index contributed by atoms with van der Waals surface area (Å²) in [5.41, 5.74) is 2.86. The van der Waals surface area contributed by atoms with Gasteiger partial charge in [-0.15, -0.1) is 5.10 Å². The van der Waals surface area contributed by atoms with E-state index in [0.29, 0.717) is 27.8 Å². The van der Waals surface area contributed by atoms with Crippen molar-refractivity contribution in [2.24, 2.45) is 0 Å². The molecule has 0 radical (unpaired) electrons. The molecular formula is C16H11Cl2N5. The van der Waals surface area contributed by atoms with Crippen LogP contribution in [0.1, 0.15) is 11.3 Å². The second-order valence-corrected chi connectivity index (χ2v) is 5.56. The summed E-state index contributed by atoms with van der Waals surface area (Å²) in [6.45, 7) is 0.479. The summed E-state index contributed by atoms with van der Waals surface area (Å²) in [6, 6.07) is 14.7. The average Bonchev–Trinajstić information content (AvgIpc) is 3.04. The summed E-state index contributed by atoms with van der Waals surface area (Å²) in [4.78, 5) is 0. The van der Waals surface area contributed by atoms with Crippen LogP contribution in [-0.4, -0.2) is 15.0 Å². The van der Waals surface area contributed by atoms with Crippen LogP contribution in [0.25, 0.3) is 5.69 Å². The van der Waals surface area contributed by atoms with Crippen LogP contribution in [0.3, 0.4) is 0 Å². The van der Waals surface area contributed by atoms with Crippen molar-refractivity contribution < 1.29 is 0 Å². The van der Waals surface area contributed by atoms with Gasteiger partial charge in [0.1, 0.15) is 5.69 Å². The van der Waals surface area contributed by atoms with Crippen LogP contribution in [0, 0.1) is 11.3 Å². The Bertz CT molecular complexity index is 882. The molecule has 0 fully saturated rings. The summed E-state index contributed by atoms with van der Waals surface area (Å²) >= 11 is 12.2. The van der Waals surface area contributed by atoms with Gasteiger partial charge < -0.3 is 5.32 Å². The molecule has 0 spiro atoms. The largest absolute Gasteiger partial charge is 0.379 e. The summed E-state index contributed by atoms with van der Waals surface area (Å²) in [5, 5.41) is 21.2. The van der Waals surface area contributed by atoms with Crippen LogP contribution in [0.4, 0.5) is 5.69 Å². The highest BCUT2D eigenvalue weighted by atomic mass is 35.5. The van der Waals surface area contributed by atoms with E-state index in [4.69, 9.17) is 28.5 Å². The number of anilines is 1. The van der Waals surface area contributed by atoms with Gasteiger partial charge in [-0.1, -0.05) is 40.5 Å². The number of hydrogen-bond donors (Lipinski definition) is 1. The first-order valence-corrected chi connectivity index (χ1v) is 7.52. The molecular weight excluding hydrogens is 333 g/mol. The minimum absolute atomic E-state index is 0.431. The van der Waals surface area contributed by atoms with Crippen LogP contribution < -0.4 is 5.32 Å². The molecule has 0 saturated heterocycles. The van der Waals surface area contributed by atoms with E-state index in [9.17, 15) is 0 Å². The molecule has 0 bridgehead atoms. The molecule has 5 nitrogen and oxygen atoms in total. The molecule has 0 saturated carbocycles. The molecule has 3 aromatic rings. The molecule has 0 aliphatic heterocycles. The highest BCUT2D eigenvalue weighted by Gasteiger charge is 2.09. The number of rotatable bonds is 4. The molecule has 1 N–H and O–H groups in total. The maximum atomic E-state index is 8.90. The van der Waals surface area contributed by atoms with E-state index in [1.54, 1.807) is 35.1 Å². The monoisotopic (exact) mass is 343 g/mol. The number of nitrogens with zero attached hydrogens (tertiary/aromatic N) is 4. The Balaban J connectivity index is 1.75. The number of aromatic nitrogens is 3. The van der Waals surface area contributed by atoms with Gasteiger partial charge in [-0.3, -0.25) is 0 Å². The molecule has 0 aliphatic carbocycles. The smallest absolute Gasteiger partial charge is 0.102 e. The van der Waals surface area contributed by atoms with Gasteiger partial charge in [-0.25, -0.2) is 4.68 Å². The SMILES string of the molecule is N#Cc1cccc(NCc2cn(-c3cccc(Cl)c3Cl)nn2)c1. The Kier molecular flexibility index (Phi) is 4.47. The lowest BCUT2D eigenvalue weighted by molar-refractivity contribution is 0.798. The van der Waals surface area contributed by atoms with Gasteiger partial charge in [0.2, 0.25) is 0 Å². The van der Waals surface area contributed by atoms with Gasteiger partial charge in [0, 0.05) is 5.69 Å². The predicted molar refractivity (Wildman–Crippen MR) is 89.9 cm³/mol. The third-order valence-electron chi connectivity index (χ3n) is 3.18. The Morgan fingerprint density at radius 2 is 2.00 bits per heavy atom. The Morgan fingerprint density at radius 1 is 1.17 bits per heavy atom. The van der Waals surface area contributed by atoms with Crippen molar-refractivity contribution in [1.82, 2.24) is 15.0 Å². The third-order valence-corrected chi connectivity index (χ3v) is 3.99. The Hall–Kier alpha value is -2.55. The van der Waals surface area contributed by atoms with E-state index in [2.05, 4.69) is 21.7 Å². The first-order chi connectivity index (χ1) is 11.2. The number of nitrogens with one attached hydrogen (secondary N) is 1. The Labute approximate surface area is 143 Å². The molecule has 114 valence electrons. The lowest BCUT2D eigenvalue weighted by Gasteiger charge is -2.05. The molecule has 1 heterocycles. The van der Waals surface area contributed by atoms with Gasteiger partial charge in [0.15, 0.2) is 0 Å². The van der Waals surface area contributed by atoms with E-state index in [0.717, 1.165) is 11.4 Å². The minimum atomic E-state index is 0.431. The zero-order valence-electron chi connectivity index (χ0n) is 11.9. The maximum Gasteiger partial charge on any atom is 0.102 e. The minimum Gasteiger partial charge on any atom is -0.379 e. The van der Waals surface area contributed by atoms with Crippen LogP contribution in [0.15, 0.2) is 48.7 Å². The average molecular weight is 344 g/mol. The zero-order valence-corrected chi connectivity index (χ0v) is 13.4. The van der Waals surface area contributed by atoms with Gasteiger partial charge in [-0.05, 0) is 30.3 Å². The van der Waals surface area contributed by atoms with Crippen molar-refractivity contribution >= 4 is 28.9 Å². The van der Waals surface area contributed by atoms with Gasteiger partial charge in [0.05, 0.1) is 40.1 Å². The topological polar surface area (TPSA) is 66.5 Å². The number of hydrogen-bond acceptors (Lipinski definition) is 4. The standard InChI is InChI=1S/C16H11Cl2N5/c17-14-5-2-6-15(16(14)18)23-10-13(21-22-23)9-20-12-4-1-3-11(7-12)8-19/h1-7,10,20H,9H2. The van der Waals surface area contributed by atoms with E-state index < -0.39 is 0 Å². The van der Waals surface area contributed by atoms with E-state index >= 15 is 0 Å². The fraction of sp³-hybridized carbons (Fsp3) is 0.0625. The van der Waals surface area contributed by atoms with Crippen LogP contribution >= 0.6 is 23.2 Å². The molecule has 23 heavy (non-hydrogen) atoms. The van der Waals surface area contributed by atoms with Crippen LogP contribution in [0.5, 0.6) is 0 Å². The fourth-order valence-corrected chi connectivity index (χ4v) is 2.44. The van der Waals surface area contributed by atoms with Crippen LogP contribution in [0.2, 0.25) is 10.0 Å². The predicted octanol–water partition coefficient (Wildman–Crippen LogP) is 4.06. The van der Waals surface area contributed by atoms with E-state index in [1.165, 1.54) is 0 Å². The van der Waals surface area contributed by atoms with Gasteiger partial charge in [0.25, 0.3) is 0 Å². The van der Waals surface area contributed by atoms with Crippen molar-refractivity contribution in [2.75, 3.05) is 5.32 Å². The van der Waals surface area contributed by atoms with Crippen molar-refractivity contribution in [3.63, 3.8) is 0 Å². The number of benzene rings is 2. The van der Waals surface area contributed by atoms with E-state index in [1.807, 2.05) is 18.2 Å². The summed E-state index contributed by atoms with van der Waals surface area (Å²) in [6.07, 6.45) is 1.78. The second-order valence-electron chi connectivity index (χ2n) is 4.77. The quantitative estimate of drug-likeness (QED) is 0.775.